The molecule has 0 radical (unpaired) electrons. The van der Waals surface area contributed by atoms with E-state index < -0.39 is 6.36 Å². The zero-order valence-corrected chi connectivity index (χ0v) is 10.6. The van der Waals surface area contributed by atoms with Crippen LogP contribution in [0, 0.1) is 0 Å². The summed E-state index contributed by atoms with van der Waals surface area (Å²) in [6, 6.07) is 5.62. The Hall–Kier alpha value is -2.18. The SMILES string of the molecule is C=CCN1C(N)=NCC1c1ccccc1OC(F)(F)F. The van der Waals surface area contributed by atoms with Crippen molar-refractivity contribution in [3.05, 3.63) is 42.5 Å². The topological polar surface area (TPSA) is 50.8 Å². The van der Waals surface area contributed by atoms with E-state index in [4.69, 9.17) is 5.73 Å². The third-order valence-corrected chi connectivity index (χ3v) is 2.93. The Morgan fingerprint density at radius 1 is 1.45 bits per heavy atom. The summed E-state index contributed by atoms with van der Waals surface area (Å²) in [6.45, 7) is 4.30. The molecule has 0 aromatic heterocycles. The summed E-state index contributed by atoms with van der Waals surface area (Å²) in [4.78, 5) is 5.75. The zero-order chi connectivity index (χ0) is 14.8. The second kappa shape index (κ2) is 5.44. The van der Waals surface area contributed by atoms with Crippen LogP contribution in [0.1, 0.15) is 11.6 Å². The van der Waals surface area contributed by atoms with E-state index in [2.05, 4.69) is 16.3 Å². The van der Waals surface area contributed by atoms with Crippen LogP contribution < -0.4 is 10.5 Å². The van der Waals surface area contributed by atoms with Crippen molar-refractivity contribution in [3.63, 3.8) is 0 Å². The molecular weight excluding hydrogens is 271 g/mol. The molecule has 1 aliphatic rings. The molecule has 1 aromatic carbocycles. The molecule has 1 unspecified atom stereocenters. The Labute approximate surface area is 114 Å². The van der Waals surface area contributed by atoms with Crippen LogP contribution >= 0.6 is 0 Å². The van der Waals surface area contributed by atoms with Crippen molar-refractivity contribution in [2.24, 2.45) is 10.7 Å². The highest BCUT2D eigenvalue weighted by Gasteiger charge is 2.35. The molecule has 4 nitrogen and oxygen atoms in total. The quantitative estimate of drug-likeness (QED) is 0.864. The fourth-order valence-electron chi connectivity index (χ4n) is 2.13. The number of rotatable bonds is 4. The van der Waals surface area contributed by atoms with E-state index in [-0.39, 0.29) is 24.3 Å². The predicted molar refractivity (Wildman–Crippen MR) is 69.3 cm³/mol. The highest BCUT2D eigenvalue weighted by atomic mass is 19.4. The van der Waals surface area contributed by atoms with Gasteiger partial charge in [-0.3, -0.25) is 4.99 Å². The number of alkyl halides is 3. The average Bonchev–Trinajstić information content (AvgIpc) is 2.71. The average molecular weight is 285 g/mol. The second-order valence-electron chi connectivity index (χ2n) is 4.24. The maximum absolute atomic E-state index is 12.4. The van der Waals surface area contributed by atoms with Gasteiger partial charge < -0.3 is 15.4 Å². The molecule has 1 aromatic rings. The lowest BCUT2D eigenvalue weighted by Crippen LogP contribution is -2.36. The van der Waals surface area contributed by atoms with Crippen LogP contribution in [0.3, 0.4) is 0 Å². The number of guanidine groups is 1. The smallest absolute Gasteiger partial charge is 0.405 e. The molecule has 7 heteroatoms. The number of aliphatic imine (C=N–C) groups is 1. The predicted octanol–water partition coefficient (Wildman–Crippen LogP) is 2.44. The first kappa shape index (κ1) is 14.2. The minimum absolute atomic E-state index is 0.232. The number of ether oxygens (including phenoxy) is 1. The van der Waals surface area contributed by atoms with Crippen LogP contribution in [-0.4, -0.2) is 30.3 Å². The Kier molecular flexibility index (Phi) is 3.87. The lowest BCUT2D eigenvalue weighted by molar-refractivity contribution is -0.275. The first-order valence-electron chi connectivity index (χ1n) is 5.94. The lowest BCUT2D eigenvalue weighted by atomic mass is 10.1. The van der Waals surface area contributed by atoms with Crippen molar-refractivity contribution in [2.45, 2.75) is 12.4 Å². The fraction of sp³-hybridized carbons (Fsp3) is 0.308. The van der Waals surface area contributed by atoms with Crippen molar-refractivity contribution >= 4 is 5.96 Å². The fourth-order valence-corrected chi connectivity index (χ4v) is 2.13. The highest BCUT2D eigenvalue weighted by molar-refractivity contribution is 5.80. The van der Waals surface area contributed by atoms with Crippen molar-refractivity contribution < 1.29 is 17.9 Å². The molecule has 1 heterocycles. The molecule has 1 atom stereocenters. The molecule has 108 valence electrons. The van der Waals surface area contributed by atoms with Crippen LogP contribution in [0.4, 0.5) is 13.2 Å². The molecule has 0 amide bonds. The van der Waals surface area contributed by atoms with E-state index >= 15 is 0 Å². The van der Waals surface area contributed by atoms with Gasteiger partial charge in [-0.05, 0) is 6.07 Å². The van der Waals surface area contributed by atoms with Gasteiger partial charge in [0.05, 0.1) is 12.6 Å². The third-order valence-electron chi connectivity index (χ3n) is 2.93. The molecule has 0 saturated heterocycles. The van der Waals surface area contributed by atoms with Crippen LogP contribution in [0.25, 0.3) is 0 Å². The van der Waals surface area contributed by atoms with E-state index in [0.29, 0.717) is 12.1 Å². The first-order valence-corrected chi connectivity index (χ1v) is 5.94. The largest absolute Gasteiger partial charge is 0.573 e. The molecule has 2 N–H and O–H groups in total. The van der Waals surface area contributed by atoms with E-state index in [1.54, 1.807) is 23.1 Å². The molecule has 20 heavy (non-hydrogen) atoms. The minimum atomic E-state index is -4.73. The van der Waals surface area contributed by atoms with Gasteiger partial charge in [0.2, 0.25) is 0 Å². The lowest BCUT2D eigenvalue weighted by Gasteiger charge is -2.26. The van der Waals surface area contributed by atoms with Gasteiger partial charge in [0.15, 0.2) is 5.96 Å². The van der Waals surface area contributed by atoms with Gasteiger partial charge in [-0.25, -0.2) is 0 Å². The molecule has 2 rings (SSSR count). The number of halogens is 3. The van der Waals surface area contributed by atoms with Crippen molar-refractivity contribution in [2.75, 3.05) is 13.1 Å². The van der Waals surface area contributed by atoms with Crippen molar-refractivity contribution in [1.29, 1.82) is 0 Å². The van der Waals surface area contributed by atoms with E-state index in [1.165, 1.54) is 12.1 Å². The maximum atomic E-state index is 12.4. The number of hydrogen-bond acceptors (Lipinski definition) is 4. The summed E-state index contributed by atoms with van der Waals surface area (Å²) in [7, 11) is 0. The molecule has 0 fully saturated rings. The summed E-state index contributed by atoms with van der Waals surface area (Å²) >= 11 is 0. The Balaban J connectivity index is 2.31. The summed E-state index contributed by atoms with van der Waals surface area (Å²) in [5, 5.41) is 0. The van der Waals surface area contributed by atoms with Crippen molar-refractivity contribution in [1.82, 2.24) is 4.90 Å². The summed E-state index contributed by atoms with van der Waals surface area (Å²) in [5.41, 5.74) is 6.13. The third kappa shape index (κ3) is 3.04. The van der Waals surface area contributed by atoms with Gasteiger partial charge in [0.1, 0.15) is 5.75 Å². The van der Waals surface area contributed by atoms with Crippen molar-refractivity contribution in [3.8, 4) is 5.75 Å². The Morgan fingerprint density at radius 3 is 2.80 bits per heavy atom. The Bertz CT molecular complexity index is 528. The first-order chi connectivity index (χ1) is 9.42. The number of benzene rings is 1. The van der Waals surface area contributed by atoms with Crippen LogP contribution in [0.5, 0.6) is 5.75 Å². The van der Waals surface area contributed by atoms with E-state index in [0.717, 1.165) is 0 Å². The van der Waals surface area contributed by atoms with Gasteiger partial charge in [-0.1, -0.05) is 24.3 Å². The zero-order valence-electron chi connectivity index (χ0n) is 10.6. The molecular formula is C13H14F3N3O. The number of nitrogens with zero attached hydrogens (tertiary/aromatic N) is 2. The van der Waals surface area contributed by atoms with Gasteiger partial charge in [0, 0.05) is 12.1 Å². The van der Waals surface area contributed by atoms with E-state index in [9.17, 15) is 13.2 Å². The van der Waals surface area contributed by atoms with Crippen LogP contribution in [-0.2, 0) is 0 Å². The normalized spacial score (nSPS) is 18.9. The monoisotopic (exact) mass is 285 g/mol. The number of para-hydroxylation sites is 1. The van der Waals surface area contributed by atoms with Gasteiger partial charge in [0.25, 0.3) is 0 Å². The Morgan fingerprint density at radius 2 is 2.15 bits per heavy atom. The highest BCUT2D eigenvalue weighted by Crippen LogP contribution is 2.34. The summed E-state index contributed by atoms with van der Waals surface area (Å²) in [6.07, 6.45) is -3.11. The van der Waals surface area contributed by atoms with E-state index in [1.807, 2.05) is 0 Å². The minimum Gasteiger partial charge on any atom is -0.405 e. The maximum Gasteiger partial charge on any atom is 0.573 e. The number of nitrogens with two attached hydrogens (primary N) is 1. The molecule has 1 aliphatic heterocycles. The molecule has 0 bridgehead atoms. The summed E-state index contributed by atoms with van der Waals surface area (Å²) < 4.78 is 41.3. The molecule has 0 aliphatic carbocycles. The van der Waals surface area contributed by atoms with Crippen LogP contribution in [0.2, 0.25) is 0 Å². The van der Waals surface area contributed by atoms with Gasteiger partial charge in [-0.2, -0.15) is 0 Å². The second-order valence-corrected chi connectivity index (χ2v) is 4.24. The summed E-state index contributed by atoms with van der Waals surface area (Å²) in [5.74, 6) is 0.0562. The van der Waals surface area contributed by atoms with Gasteiger partial charge >= 0.3 is 6.36 Å². The molecule has 0 saturated carbocycles. The van der Waals surface area contributed by atoms with Gasteiger partial charge in [-0.15, -0.1) is 19.8 Å². The standard InChI is InChI=1S/C13H14F3N3O/c1-2-7-19-10(8-18-12(19)17)9-5-3-4-6-11(9)20-13(14,15)16/h2-6,10H,1,7-8H2,(H2,17,18). The van der Waals surface area contributed by atoms with Crippen LogP contribution in [0.15, 0.2) is 41.9 Å². The number of hydrogen-bond donors (Lipinski definition) is 1. The molecule has 0 spiro atoms.